The zero-order chi connectivity index (χ0) is 22.0. The predicted molar refractivity (Wildman–Crippen MR) is 127 cm³/mol. The number of carbonyl (C=O) groups excluding carboxylic acids is 2. The fourth-order valence-corrected chi connectivity index (χ4v) is 4.76. The molecule has 1 saturated heterocycles. The van der Waals surface area contributed by atoms with Crippen molar-refractivity contribution in [3.8, 4) is 5.75 Å². The van der Waals surface area contributed by atoms with Crippen LogP contribution in [0.3, 0.4) is 0 Å². The van der Waals surface area contributed by atoms with E-state index in [-0.39, 0.29) is 17.2 Å². The van der Waals surface area contributed by atoms with Crippen LogP contribution in [0, 0.1) is 0 Å². The summed E-state index contributed by atoms with van der Waals surface area (Å²) in [6, 6.07) is 19.6. The van der Waals surface area contributed by atoms with Crippen molar-refractivity contribution in [2.45, 2.75) is 5.37 Å². The molecule has 5 nitrogen and oxygen atoms in total. The molecule has 1 fully saturated rings. The summed E-state index contributed by atoms with van der Waals surface area (Å²) in [5.41, 5.74) is 2.81. The Hall–Kier alpha value is -2.67. The first kappa shape index (κ1) is 21.6. The maximum absolute atomic E-state index is 12.6. The lowest BCUT2D eigenvalue weighted by Gasteiger charge is -2.25. The van der Waals surface area contributed by atoms with Gasteiger partial charge in [-0.3, -0.25) is 14.5 Å². The number of ether oxygens (including phenoxy) is 1. The summed E-state index contributed by atoms with van der Waals surface area (Å²) in [4.78, 5) is 26.8. The van der Waals surface area contributed by atoms with Crippen molar-refractivity contribution in [1.29, 1.82) is 0 Å². The second kappa shape index (κ2) is 9.22. The highest BCUT2D eigenvalue weighted by Gasteiger charge is 2.34. The molecular formula is C23H18Cl2N2O3S. The topological polar surface area (TPSA) is 58.6 Å². The number of hydrogen-bond acceptors (Lipinski definition) is 4. The van der Waals surface area contributed by atoms with Crippen molar-refractivity contribution in [1.82, 2.24) is 0 Å². The molecule has 158 valence electrons. The number of nitrogens with one attached hydrogen (secondary N) is 1. The summed E-state index contributed by atoms with van der Waals surface area (Å²) in [5.74, 6) is 0.855. The molecule has 2 amide bonds. The van der Waals surface area contributed by atoms with Crippen LogP contribution < -0.4 is 15.0 Å². The Morgan fingerprint density at radius 3 is 2.55 bits per heavy atom. The highest BCUT2D eigenvalue weighted by Crippen LogP contribution is 2.42. The van der Waals surface area contributed by atoms with Crippen molar-refractivity contribution in [2.75, 3.05) is 23.1 Å². The van der Waals surface area contributed by atoms with E-state index in [9.17, 15) is 9.59 Å². The largest absolute Gasteiger partial charge is 0.497 e. The van der Waals surface area contributed by atoms with Crippen molar-refractivity contribution in [3.63, 3.8) is 0 Å². The third-order valence-electron chi connectivity index (χ3n) is 4.83. The lowest BCUT2D eigenvalue weighted by Crippen LogP contribution is -2.27. The van der Waals surface area contributed by atoms with E-state index in [0.29, 0.717) is 32.8 Å². The van der Waals surface area contributed by atoms with Gasteiger partial charge in [-0.25, -0.2) is 0 Å². The van der Waals surface area contributed by atoms with Gasteiger partial charge in [-0.2, -0.15) is 0 Å². The number of carbonyl (C=O) groups is 2. The molecule has 0 bridgehead atoms. The Kier molecular flexibility index (Phi) is 6.41. The summed E-state index contributed by atoms with van der Waals surface area (Å²) in [6.07, 6.45) is 0. The molecule has 31 heavy (non-hydrogen) atoms. The van der Waals surface area contributed by atoms with E-state index in [4.69, 9.17) is 27.9 Å². The van der Waals surface area contributed by atoms with Gasteiger partial charge in [-0.05, 0) is 48.0 Å². The second-order valence-electron chi connectivity index (χ2n) is 6.83. The molecule has 0 unspecified atom stereocenters. The lowest BCUT2D eigenvalue weighted by atomic mass is 10.1. The molecule has 3 aromatic rings. The van der Waals surface area contributed by atoms with Crippen LogP contribution in [-0.4, -0.2) is 24.7 Å². The number of benzene rings is 3. The van der Waals surface area contributed by atoms with Gasteiger partial charge in [-0.1, -0.05) is 41.4 Å². The number of amides is 2. The molecule has 0 aromatic heterocycles. The van der Waals surface area contributed by atoms with Gasteiger partial charge >= 0.3 is 0 Å². The predicted octanol–water partition coefficient (Wildman–Crippen LogP) is 6.03. The number of nitrogens with zero attached hydrogens (tertiary/aromatic N) is 1. The van der Waals surface area contributed by atoms with E-state index in [1.165, 1.54) is 6.07 Å². The number of rotatable bonds is 5. The van der Waals surface area contributed by atoms with E-state index in [2.05, 4.69) is 5.32 Å². The van der Waals surface area contributed by atoms with Gasteiger partial charge in [0.15, 0.2) is 0 Å². The standard InChI is InChI=1S/C23H18Cl2N2O3S/c1-30-18-4-2-3-17(12-18)27-21(28)13-31-23(27)14-5-8-16(9-6-14)26-22(29)15-7-10-19(24)20(25)11-15/h2-12,23H,13H2,1H3,(H,26,29)/t23-/m1/s1. The molecule has 0 saturated carbocycles. The Labute approximate surface area is 194 Å². The molecule has 1 aliphatic heterocycles. The van der Waals surface area contributed by atoms with Crippen molar-refractivity contribution >= 4 is 58.2 Å². The fraction of sp³-hybridized carbons (Fsp3) is 0.130. The number of hydrogen-bond donors (Lipinski definition) is 1. The summed E-state index contributed by atoms with van der Waals surface area (Å²) in [7, 11) is 1.60. The highest BCUT2D eigenvalue weighted by molar-refractivity contribution is 8.00. The minimum absolute atomic E-state index is 0.0419. The van der Waals surface area contributed by atoms with Crippen LogP contribution >= 0.6 is 35.0 Å². The Bertz CT molecular complexity index is 1140. The normalized spacial score (nSPS) is 15.8. The van der Waals surface area contributed by atoms with Crippen LogP contribution in [0.25, 0.3) is 0 Å². The van der Waals surface area contributed by atoms with Gasteiger partial charge in [0.05, 0.1) is 22.9 Å². The molecule has 0 radical (unpaired) electrons. The van der Waals surface area contributed by atoms with E-state index in [1.54, 1.807) is 35.9 Å². The molecule has 1 N–H and O–H groups in total. The SMILES string of the molecule is COc1cccc(N2C(=O)CS[C@@H]2c2ccc(NC(=O)c3ccc(Cl)c(Cl)c3)cc2)c1. The zero-order valence-electron chi connectivity index (χ0n) is 16.5. The van der Waals surface area contributed by atoms with Gasteiger partial charge < -0.3 is 10.1 Å². The number of halogens is 2. The Balaban J connectivity index is 1.52. The second-order valence-corrected chi connectivity index (χ2v) is 8.72. The van der Waals surface area contributed by atoms with E-state index in [0.717, 1.165) is 11.3 Å². The molecule has 4 rings (SSSR count). The minimum atomic E-state index is -0.283. The van der Waals surface area contributed by atoms with Crippen LogP contribution in [0.5, 0.6) is 5.75 Å². The Morgan fingerprint density at radius 1 is 1.06 bits per heavy atom. The summed E-state index contributed by atoms with van der Waals surface area (Å²) >= 11 is 13.5. The zero-order valence-corrected chi connectivity index (χ0v) is 18.8. The van der Waals surface area contributed by atoms with Crippen LogP contribution in [0.4, 0.5) is 11.4 Å². The smallest absolute Gasteiger partial charge is 0.255 e. The highest BCUT2D eigenvalue weighted by atomic mass is 35.5. The third kappa shape index (κ3) is 4.66. The monoisotopic (exact) mass is 472 g/mol. The van der Waals surface area contributed by atoms with Crippen LogP contribution in [0.15, 0.2) is 66.7 Å². The van der Waals surface area contributed by atoms with Gasteiger partial charge in [0.1, 0.15) is 11.1 Å². The molecular weight excluding hydrogens is 455 g/mol. The minimum Gasteiger partial charge on any atom is -0.497 e. The first-order chi connectivity index (χ1) is 15.0. The van der Waals surface area contributed by atoms with Crippen LogP contribution in [-0.2, 0) is 4.79 Å². The number of thioether (sulfide) groups is 1. The third-order valence-corrected chi connectivity index (χ3v) is 6.79. The summed E-state index contributed by atoms with van der Waals surface area (Å²) in [5, 5.41) is 3.41. The van der Waals surface area contributed by atoms with Crippen molar-refractivity contribution in [3.05, 3.63) is 87.9 Å². The van der Waals surface area contributed by atoms with E-state index < -0.39 is 0 Å². The quantitative estimate of drug-likeness (QED) is 0.492. The first-order valence-corrected chi connectivity index (χ1v) is 11.2. The summed E-state index contributed by atoms with van der Waals surface area (Å²) < 4.78 is 5.29. The fourth-order valence-electron chi connectivity index (χ4n) is 3.28. The maximum atomic E-state index is 12.6. The molecule has 1 atom stereocenters. The number of methoxy groups -OCH3 is 1. The van der Waals surface area contributed by atoms with E-state index >= 15 is 0 Å². The molecule has 1 aliphatic rings. The van der Waals surface area contributed by atoms with Gasteiger partial charge in [0, 0.05) is 23.0 Å². The lowest BCUT2D eigenvalue weighted by molar-refractivity contribution is -0.115. The van der Waals surface area contributed by atoms with Crippen LogP contribution in [0.1, 0.15) is 21.3 Å². The van der Waals surface area contributed by atoms with Crippen molar-refractivity contribution < 1.29 is 14.3 Å². The van der Waals surface area contributed by atoms with Gasteiger partial charge in [0.25, 0.3) is 5.91 Å². The van der Waals surface area contributed by atoms with Gasteiger partial charge in [-0.15, -0.1) is 11.8 Å². The molecule has 3 aromatic carbocycles. The average Bonchev–Trinajstić information content (AvgIpc) is 3.17. The van der Waals surface area contributed by atoms with E-state index in [1.807, 2.05) is 48.5 Å². The first-order valence-electron chi connectivity index (χ1n) is 9.40. The van der Waals surface area contributed by atoms with Gasteiger partial charge in [0.2, 0.25) is 5.91 Å². The van der Waals surface area contributed by atoms with Crippen LogP contribution in [0.2, 0.25) is 10.0 Å². The maximum Gasteiger partial charge on any atom is 0.255 e. The molecule has 1 heterocycles. The van der Waals surface area contributed by atoms with Crippen molar-refractivity contribution in [2.24, 2.45) is 0 Å². The Morgan fingerprint density at radius 2 is 1.84 bits per heavy atom. The number of anilines is 2. The summed E-state index contributed by atoms with van der Waals surface area (Å²) in [6.45, 7) is 0. The molecule has 0 aliphatic carbocycles. The molecule has 8 heteroatoms. The molecule has 0 spiro atoms. The average molecular weight is 473 g/mol.